The summed E-state index contributed by atoms with van der Waals surface area (Å²) in [5.41, 5.74) is -1.56. The van der Waals surface area contributed by atoms with Crippen LogP contribution in [0.1, 0.15) is 21.0 Å². The summed E-state index contributed by atoms with van der Waals surface area (Å²) >= 11 is 0. The average Bonchev–Trinajstić information content (AvgIpc) is 3.41. The van der Waals surface area contributed by atoms with E-state index < -0.39 is 47.2 Å². The van der Waals surface area contributed by atoms with Gasteiger partial charge in [0.2, 0.25) is 23.2 Å². The van der Waals surface area contributed by atoms with Crippen molar-refractivity contribution in [3.05, 3.63) is 72.1 Å². The van der Waals surface area contributed by atoms with Crippen molar-refractivity contribution in [3.8, 4) is 34.8 Å². The van der Waals surface area contributed by atoms with E-state index in [4.69, 9.17) is 0 Å². The Morgan fingerprint density at radius 1 is 0.622 bits per heavy atom. The van der Waals surface area contributed by atoms with Crippen LogP contribution in [0.2, 0.25) is 0 Å². The molecule has 0 aliphatic carbocycles. The van der Waals surface area contributed by atoms with Crippen LogP contribution in [0.25, 0.3) is 22.9 Å². The second-order valence-electron chi connectivity index (χ2n) is 6.73. The van der Waals surface area contributed by atoms with Crippen molar-refractivity contribution < 1.29 is 72.0 Å². The number of Topliss-reactive ketones (excluding diaryl/α,β-unsaturated/α-hetero) is 2. The largest absolute Gasteiger partial charge is 0.479 e. The van der Waals surface area contributed by atoms with Gasteiger partial charge in [0.1, 0.15) is 0 Å². The maximum Gasteiger partial charge on any atom is 0.456 e. The Labute approximate surface area is 213 Å². The fourth-order valence-electron chi connectivity index (χ4n) is 2.60. The van der Waals surface area contributed by atoms with Gasteiger partial charge in [0, 0.05) is 28.2 Å². The third-order valence-corrected chi connectivity index (χ3v) is 4.21. The van der Waals surface area contributed by atoms with Crippen LogP contribution in [0.15, 0.2) is 69.5 Å². The molecule has 0 saturated heterocycles. The predicted octanol–water partition coefficient (Wildman–Crippen LogP) is 5.58. The molecule has 8 nitrogen and oxygen atoms in total. The van der Waals surface area contributed by atoms with E-state index in [0.717, 1.165) is 0 Å². The predicted molar refractivity (Wildman–Crippen MR) is 108 cm³/mol. The van der Waals surface area contributed by atoms with Gasteiger partial charge in [-0.2, -0.15) is 26.3 Å². The molecule has 2 aromatic carbocycles. The molecule has 2 aromatic heterocycles. The van der Waals surface area contributed by atoms with E-state index in [1.54, 1.807) is 36.4 Å². The molecule has 2 heterocycles. The number of benzene rings is 2. The van der Waals surface area contributed by atoms with Crippen molar-refractivity contribution in [3.63, 3.8) is 0 Å². The summed E-state index contributed by atoms with van der Waals surface area (Å²) in [4.78, 5) is 28.6. The Morgan fingerprint density at radius 2 is 0.919 bits per heavy atom. The maximum absolute atomic E-state index is 12.2. The number of rotatable bonds is 4. The maximum atomic E-state index is 12.2. The molecule has 4 rings (SSSR count). The molecular weight excluding hydrogens is 566 g/mol. The first-order chi connectivity index (χ1) is 16.8. The fraction of sp³-hybridized carbons (Fsp3) is 0.0909. The van der Waals surface area contributed by atoms with Gasteiger partial charge in [-0.15, -0.1) is 0 Å². The van der Waals surface area contributed by atoms with E-state index in [2.05, 4.69) is 18.8 Å². The summed E-state index contributed by atoms with van der Waals surface area (Å²) in [7, 11) is 0. The first-order valence-corrected chi connectivity index (χ1v) is 9.52. The minimum absolute atomic E-state index is 0. The Morgan fingerprint density at radius 3 is 1.19 bits per heavy atom. The topological polar surface area (TPSA) is 127 Å². The van der Waals surface area contributed by atoms with Crippen molar-refractivity contribution in [2.45, 2.75) is 12.4 Å². The van der Waals surface area contributed by atoms with Gasteiger partial charge in [-0.05, 0) is 24.3 Å². The number of aromatic hydroxyl groups is 2. The summed E-state index contributed by atoms with van der Waals surface area (Å²) < 4.78 is 82.4. The number of carbonyl (C=O) groups excluding carboxylic acids is 2. The van der Waals surface area contributed by atoms with Gasteiger partial charge in [0.15, 0.2) is 0 Å². The Bertz CT molecular complexity index is 1260. The molecule has 0 bridgehead atoms. The quantitative estimate of drug-likeness (QED) is 0.183. The van der Waals surface area contributed by atoms with Crippen molar-refractivity contribution in [1.82, 2.24) is 9.97 Å². The fourth-order valence-corrected chi connectivity index (χ4v) is 2.60. The zero-order valence-electron chi connectivity index (χ0n) is 17.8. The number of aromatic nitrogens is 2. The minimum Gasteiger partial charge on any atom is -0.479 e. The number of halogens is 6. The second kappa shape index (κ2) is 11.3. The molecule has 15 heteroatoms. The van der Waals surface area contributed by atoms with E-state index in [1.807, 2.05) is 0 Å². The molecule has 0 spiro atoms. The van der Waals surface area contributed by atoms with Gasteiger partial charge < -0.3 is 19.0 Å². The van der Waals surface area contributed by atoms with E-state index >= 15 is 0 Å². The van der Waals surface area contributed by atoms with Crippen LogP contribution in [0.4, 0.5) is 26.3 Å². The zero-order valence-corrected chi connectivity index (χ0v) is 18.7. The van der Waals surface area contributed by atoms with Gasteiger partial charge in [-0.3, -0.25) is 9.59 Å². The molecule has 0 atom stereocenters. The van der Waals surface area contributed by atoms with Crippen molar-refractivity contribution in [1.29, 1.82) is 0 Å². The summed E-state index contributed by atoms with van der Waals surface area (Å²) in [6, 6.07) is 15.9. The molecule has 4 aromatic rings. The number of hydrogen-bond donors (Lipinski definition) is 2. The minimum atomic E-state index is -5.11. The van der Waals surface area contributed by atoms with Crippen LogP contribution in [0.5, 0.6) is 11.9 Å². The molecule has 0 aliphatic heterocycles. The number of ketones is 2. The molecule has 0 unspecified atom stereocenters. The van der Waals surface area contributed by atoms with Gasteiger partial charge >= 0.3 is 24.2 Å². The molecule has 2 N–H and O–H groups in total. The molecular formula is C22H12CuF6N2O6. The average molecular weight is 578 g/mol. The summed E-state index contributed by atoms with van der Waals surface area (Å²) in [5.74, 6) is -7.27. The van der Waals surface area contributed by atoms with Crippen LogP contribution < -0.4 is 0 Å². The van der Waals surface area contributed by atoms with E-state index in [-0.39, 0.29) is 28.9 Å². The number of oxazole rings is 2. The zero-order chi connectivity index (χ0) is 26.7. The molecule has 1 radical (unpaired) electrons. The monoisotopic (exact) mass is 577 g/mol. The Balaban J connectivity index is 0.000000253. The van der Waals surface area contributed by atoms with Gasteiger partial charge in [0.25, 0.3) is 11.6 Å². The van der Waals surface area contributed by atoms with Crippen molar-refractivity contribution >= 4 is 11.6 Å². The molecule has 37 heavy (non-hydrogen) atoms. The van der Waals surface area contributed by atoms with Crippen LogP contribution in [-0.4, -0.2) is 44.1 Å². The van der Waals surface area contributed by atoms with Gasteiger partial charge in [-0.25, -0.2) is 9.97 Å². The number of nitrogens with zero attached hydrogens (tertiary/aromatic N) is 2. The third-order valence-electron chi connectivity index (χ3n) is 4.21. The Hall–Kier alpha value is -4.10. The SMILES string of the molecule is O=C(c1nc(-c2ccccc2)oc1O)C(F)(F)F.O=C(c1nc(-c2ccccc2)oc1O)C(F)(F)F.[Cu]. The molecule has 199 valence electrons. The van der Waals surface area contributed by atoms with Crippen LogP contribution in [-0.2, 0) is 17.1 Å². The van der Waals surface area contributed by atoms with E-state index in [9.17, 15) is 46.1 Å². The Kier molecular flexibility index (Phi) is 8.90. The van der Waals surface area contributed by atoms with Gasteiger partial charge in [-0.1, -0.05) is 36.4 Å². The normalized spacial score (nSPS) is 11.2. The number of carbonyl (C=O) groups is 2. The summed E-state index contributed by atoms with van der Waals surface area (Å²) in [6.07, 6.45) is -10.2. The second-order valence-corrected chi connectivity index (χ2v) is 6.73. The third kappa shape index (κ3) is 6.98. The summed E-state index contributed by atoms with van der Waals surface area (Å²) in [6.45, 7) is 0. The van der Waals surface area contributed by atoms with Gasteiger partial charge in [0.05, 0.1) is 0 Å². The van der Waals surface area contributed by atoms with Crippen LogP contribution in [0.3, 0.4) is 0 Å². The van der Waals surface area contributed by atoms with Crippen LogP contribution in [0, 0.1) is 0 Å². The van der Waals surface area contributed by atoms with E-state index in [1.165, 1.54) is 24.3 Å². The van der Waals surface area contributed by atoms with E-state index in [0.29, 0.717) is 11.1 Å². The number of alkyl halides is 6. The molecule has 0 aliphatic rings. The molecule has 0 fully saturated rings. The molecule has 0 saturated carbocycles. The number of hydrogen-bond acceptors (Lipinski definition) is 8. The van der Waals surface area contributed by atoms with Crippen molar-refractivity contribution in [2.75, 3.05) is 0 Å². The standard InChI is InChI=1S/2C11H6F3NO3.Cu/c2*12-11(13,14)8(16)7-10(17)18-9(15-7)6-4-2-1-3-5-6;/h2*1-5,17H;. The smallest absolute Gasteiger partial charge is 0.456 e. The van der Waals surface area contributed by atoms with Crippen molar-refractivity contribution in [2.24, 2.45) is 0 Å². The van der Waals surface area contributed by atoms with Crippen LogP contribution >= 0.6 is 0 Å². The summed E-state index contributed by atoms with van der Waals surface area (Å²) in [5, 5.41) is 18.4. The first kappa shape index (κ1) is 29.1. The first-order valence-electron chi connectivity index (χ1n) is 9.52. The molecule has 0 amide bonds.